The lowest BCUT2D eigenvalue weighted by Gasteiger charge is -2.10. The molecule has 0 spiro atoms. The van der Waals surface area contributed by atoms with Gasteiger partial charge in [-0.1, -0.05) is 25.1 Å². The van der Waals surface area contributed by atoms with E-state index in [-0.39, 0.29) is 11.1 Å². The molecule has 3 heterocycles. The third kappa shape index (κ3) is 2.69. The number of nitrogens with zero attached hydrogens (tertiary/aromatic N) is 6. The molecule has 0 amide bonds. The number of pyridine rings is 1. The summed E-state index contributed by atoms with van der Waals surface area (Å²) in [6, 6.07) is 9.62. The van der Waals surface area contributed by atoms with E-state index < -0.39 is 0 Å². The third-order valence-corrected chi connectivity index (χ3v) is 4.35. The molecule has 0 atom stereocenters. The monoisotopic (exact) mass is 350 g/mol. The topological polar surface area (TPSA) is 87.2 Å². The Labute approximate surface area is 149 Å². The first kappa shape index (κ1) is 16.2. The number of benzene rings is 1. The quantitative estimate of drug-likeness (QED) is 0.544. The summed E-state index contributed by atoms with van der Waals surface area (Å²) < 4.78 is 8.58. The molecule has 4 rings (SSSR count). The molecule has 0 aliphatic heterocycles. The first-order valence-electron chi connectivity index (χ1n) is 8.44. The van der Waals surface area contributed by atoms with Crippen molar-refractivity contribution in [2.24, 2.45) is 0 Å². The number of aromatic nitrogens is 6. The van der Waals surface area contributed by atoms with Crippen LogP contribution >= 0.6 is 0 Å². The molecule has 26 heavy (non-hydrogen) atoms. The van der Waals surface area contributed by atoms with E-state index in [0.717, 1.165) is 11.3 Å². The molecule has 8 heteroatoms. The highest BCUT2D eigenvalue weighted by Gasteiger charge is 2.12. The number of methoxy groups -OCH3 is 1. The van der Waals surface area contributed by atoms with Gasteiger partial charge in [0.15, 0.2) is 11.3 Å². The lowest BCUT2D eigenvalue weighted by Crippen LogP contribution is -2.22. The Morgan fingerprint density at radius 2 is 2.00 bits per heavy atom. The van der Waals surface area contributed by atoms with Gasteiger partial charge in [-0.3, -0.25) is 4.79 Å². The van der Waals surface area contributed by atoms with Crippen molar-refractivity contribution in [2.75, 3.05) is 7.11 Å². The number of para-hydroxylation sites is 1. The molecule has 0 fully saturated rings. The number of hydrogen-bond donors (Lipinski definition) is 0. The van der Waals surface area contributed by atoms with Crippen molar-refractivity contribution in [1.29, 1.82) is 0 Å². The Balaban J connectivity index is 1.71. The lowest BCUT2D eigenvalue weighted by atomic mass is 10.1. The van der Waals surface area contributed by atoms with Crippen LogP contribution in [0.3, 0.4) is 0 Å². The molecule has 1 aromatic carbocycles. The van der Waals surface area contributed by atoms with Gasteiger partial charge >= 0.3 is 0 Å². The Kier molecular flexibility index (Phi) is 4.08. The predicted octanol–water partition coefficient (Wildman–Crippen LogP) is 1.65. The largest absolute Gasteiger partial charge is 0.496 e. The molecule has 0 radical (unpaired) electrons. The molecular formula is C18H18N6O2. The van der Waals surface area contributed by atoms with Crippen molar-refractivity contribution in [1.82, 2.24) is 29.4 Å². The highest BCUT2D eigenvalue weighted by molar-refractivity contribution is 5.74. The van der Waals surface area contributed by atoms with Crippen LogP contribution in [0.5, 0.6) is 5.75 Å². The van der Waals surface area contributed by atoms with E-state index in [1.165, 1.54) is 0 Å². The third-order valence-electron chi connectivity index (χ3n) is 4.35. The second-order valence-electron chi connectivity index (χ2n) is 5.90. The summed E-state index contributed by atoms with van der Waals surface area (Å²) in [5.41, 5.74) is 1.75. The molecule has 0 aliphatic rings. The van der Waals surface area contributed by atoms with Gasteiger partial charge in [-0.2, -0.15) is 9.50 Å². The fourth-order valence-corrected chi connectivity index (χ4v) is 2.96. The Hall–Kier alpha value is -3.29. The summed E-state index contributed by atoms with van der Waals surface area (Å²) in [4.78, 5) is 17.1. The summed E-state index contributed by atoms with van der Waals surface area (Å²) in [6.07, 6.45) is 3.13. The van der Waals surface area contributed by atoms with E-state index in [1.54, 1.807) is 22.4 Å². The highest BCUT2D eigenvalue weighted by Crippen LogP contribution is 2.18. The maximum Gasteiger partial charge on any atom is 0.280 e. The molecule has 0 saturated heterocycles. The molecule has 0 bridgehead atoms. The van der Waals surface area contributed by atoms with Gasteiger partial charge in [-0.05, 0) is 24.1 Å². The summed E-state index contributed by atoms with van der Waals surface area (Å²) in [6.45, 7) is 2.49. The van der Waals surface area contributed by atoms with E-state index in [2.05, 4.69) is 20.3 Å². The van der Waals surface area contributed by atoms with Gasteiger partial charge in [0.2, 0.25) is 0 Å². The predicted molar refractivity (Wildman–Crippen MR) is 96.4 cm³/mol. The molecule has 0 saturated carbocycles. The molecular weight excluding hydrogens is 332 g/mol. The number of rotatable bonds is 5. The Morgan fingerprint density at radius 3 is 2.81 bits per heavy atom. The number of ether oxygens (including phenoxy) is 1. The van der Waals surface area contributed by atoms with Crippen molar-refractivity contribution >= 4 is 16.8 Å². The van der Waals surface area contributed by atoms with Crippen molar-refractivity contribution in [3.05, 3.63) is 58.3 Å². The van der Waals surface area contributed by atoms with Gasteiger partial charge in [0.25, 0.3) is 11.3 Å². The molecule has 132 valence electrons. The van der Waals surface area contributed by atoms with Crippen molar-refractivity contribution in [3.8, 4) is 5.75 Å². The zero-order chi connectivity index (χ0) is 18.1. The Bertz CT molecular complexity index is 1150. The molecule has 8 nitrogen and oxygen atoms in total. The molecule has 0 aliphatic carbocycles. The average molecular weight is 350 g/mol. The van der Waals surface area contributed by atoms with E-state index in [9.17, 15) is 4.79 Å². The number of aryl methyl sites for hydroxylation is 3. The normalized spacial score (nSPS) is 11.3. The van der Waals surface area contributed by atoms with Crippen LogP contribution in [0.4, 0.5) is 0 Å². The molecule has 0 N–H and O–H groups in total. The molecule has 3 aromatic heterocycles. The van der Waals surface area contributed by atoms with Crippen molar-refractivity contribution < 1.29 is 4.74 Å². The zero-order valence-electron chi connectivity index (χ0n) is 14.6. The maximum absolute atomic E-state index is 12.8. The van der Waals surface area contributed by atoms with Crippen LogP contribution in [0, 0.1) is 0 Å². The summed E-state index contributed by atoms with van der Waals surface area (Å²) in [5.74, 6) is 1.89. The van der Waals surface area contributed by atoms with E-state index >= 15 is 0 Å². The van der Waals surface area contributed by atoms with Crippen LogP contribution in [0.15, 0.2) is 41.3 Å². The maximum atomic E-state index is 12.8. The van der Waals surface area contributed by atoms with Crippen LogP contribution in [-0.2, 0) is 19.4 Å². The van der Waals surface area contributed by atoms with Crippen LogP contribution in [-0.4, -0.2) is 36.5 Å². The minimum atomic E-state index is -0.194. The lowest BCUT2D eigenvalue weighted by molar-refractivity contribution is 0.408. The fourth-order valence-electron chi connectivity index (χ4n) is 2.96. The second kappa shape index (κ2) is 6.55. The number of hydrogen-bond acceptors (Lipinski definition) is 6. The van der Waals surface area contributed by atoms with Gasteiger partial charge in [0.1, 0.15) is 11.3 Å². The molecule has 4 aromatic rings. The van der Waals surface area contributed by atoms with Gasteiger partial charge in [-0.15, -0.1) is 15.3 Å². The summed E-state index contributed by atoms with van der Waals surface area (Å²) in [7, 11) is 1.64. The SMILES string of the molecule is CCc1nc2nnc3c(=O)n(CCc4ccccc4OC)ccc3n2n1. The number of fused-ring (bicyclic) bond motifs is 3. The van der Waals surface area contributed by atoms with E-state index in [4.69, 9.17) is 4.74 Å². The zero-order valence-corrected chi connectivity index (χ0v) is 14.6. The minimum absolute atomic E-state index is 0.194. The fraction of sp³-hybridized carbons (Fsp3) is 0.278. The van der Waals surface area contributed by atoms with Gasteiger partial charge in [-0.25, -0.2) is 0 Å². The van der Waals surface area contributed by atoms with Gasteiger partial charge in [0, 0.05) is 19.2 Å². The summed E-state index contributed by atoms with van der Waals surface area (Å²) in [5, 5.41) is 12.5. The summed E-state index contributed by atoms with van der Waals surface area (Å²) >= 11 is 0. The van der Waals surface area contributed by atoms with Gasteiger partial charge in [0.05, 0.1) is 7.11 Å². The smallest absolute Gasteiger partial charge is 0.280 e. The van der Waals surface area contributed by atoms with Crippen LogP contribution in [0.1, 0.15) is 18.3 Å². The van der Waals surface area contributed by atoms with E-state index in [0.29, 0.717) is 36.5 Å². The molecule has 0 unspecified atom stereocenters. The standard InChI is InChI=1S/C18H18N6O2/c1-3-15-19-18-21-20-16-13(24(18)22-15)9-11-23(17(16)25)10-8-12-6-4-5-7-14(12)26-2/h4-7,9,11H,3,8,10H2,1-2H3. The average Bonchev–Trinajstić information content (AvgIpc) is 3.11. The first-order chi connectivity index (χ1) is 12.7. The highest BCUT2D eigenvalue weighted by atomic mass is 16.5. The minimum Gasteiger partial charge on any atom is -0.496 e. The van der Waals surface area contributed by atoms with Crippen LogP contribution in [0.2, 0.25) is 0 Å². The van der Waals surface area contributed by atoms with Crippen molar-refractivity contribution in [3.63, 3.8) is 0 Å². The van der Waals surface area contributed by atoms with Crippen molar-refractivity contribution in [2.45, 2.75) is 26.3 Å². The first-order valence-corrected chi connectivity index (χ1v) is 8.44. The second-order valence-corrected chi connectivity index (χ2v) is 5.90. The van der Waals surface area contributed by atoms with Crippen LogP contribution < -0.4 is 10.3 Å². The Morgan fingerprint density at radius 1 is 1.15 bits per heavy atom. The van der Waals surface area contributed by atoms with E-state index in [1.807, 2.05) is 37.3 Å². The van der Waals surface area contributed by atoms with Gasteiger partial charge < -0.3 is 9.30 Å². The van der Waals surface area contributed by atoms with Crippen LogP contribution in [0.25, 0.3) is 16.8 Å².